The molecule has 1 aliphatic heterocycles. The Morgan fingerprint density at radius 1 is 1.21 bits per heavy atom. The van der Waals surface area contributed by atoms with E-state index >= 15 is 0 Å². The second-order valence-corrected chi connectivity index (χ2v) is 6.48. The number of aromatic amines is 1. The first-order valence-corrected chi connectivity index (χ1v) is 8.39. The summed E-state index contributed by atoms with van der Waals surface area (Å²) in [6, 6.07) is 14.1. The van der Waals surface area contributed by atoms with E-state index in [4.69, 9.17) is 4.74 Å². The fourth-order valence-corrected chi connectivity index (χ4v) is 3.82. The van der Waals surface area contributed by atoms with Gasteiger partial charge in [-0.3, -0.25) is 4.90 Å². The average molecular weight is 322 g/mol. The highest BCUT2D eigenvalue weighted by Crippen LogP contribution is 2.39. The Balaban J connectivity index is 1.52. The molecule has 3 aromatic rings. The molecule has 1 unspecified atom stereocenters. The standard InChI is InChI=1S/C20H22N2O2/c1-24-20-17(6-4-8-19(20)23)14-9-10-22(12-14)13-15-11-21-18-7-3-2-5-16(15)18/h2-8,11,14,21,23H,9-10,12-13H2,1H3. The maximum Gasteiger partial charge on any atom is 0.163 e. The number of nitrogens with one attached hydrogen (secondary N) is 1. The normalized spacial score (nSPS) is 18.3. The Kier molecular flexibility index (Phi) is 3.90. The van der Waals surface area contributed by atoms with Crippen molar-refractivity contribution < 1.29 is 9.84 Å². The van der Waals surface area contributed by atoms with Crippen molar-refractivity contribution in [1.29, 1.82) is 0 Å². The van der Waals surface area contributed by atoms with Gasteiger partial charge in [0.1, 0.15) is 0 Å². The maximum atomic E-state index is 10.0. The van der Waals surface area contributed by atoms with E-state index in [0.717, 1.165) is 31.6 Å². The Morgan fingerprint density at radius 3 is 2.96 bits per heavy atom. The molecule has 2 N–H and O–H groups in total. The molecule has 1 saturated heterocycles. The van der Waals surface area contributed by atoms with Gasteiger partial charge in [-0.25, -0.2) is 0 Å². The number of nitrogens with zero attached hydrogens (tertiary/aromatic N) is 1. The topological polar surface area (TPSA) is 48.5 Å². The first-order valence-electron chi connectivity index (χ1n) is 8.39. The number of methoxy groups -OCH3 is 1. The lowest BCUT2D eigenvalue weighted by molar-refractivity contribution is 0.325. The van der Waals surface area contributed by atoms with Gasteiger partial charge < -0.3 is 14.8 Å². The molecule has 124 valence electrons. The van der Waals surface area contributed by atoms with Crippen molar-refractivity contribution >= 4 is 10.9 Å². The van der Waals surface area contributed by atoms with Crippen molar-refractivity contribution in [3.8, 4) is 11.5 Å². The van der Waals surface area contributed by atoms with E-state index in [9.17, 15) is 5.11 Å². The number of rotatable bonds is 4. The minimum atomic E-state index is 0.227. The van der Waals surface area contributed by atoms with Crippen LogP contribution in [0.1, 0.15) is 23.5 Å². The van der Waals surface area contributed by atoms with Gasteiger partial charge in [0.25, 0.3) is 0 Å². The number of ether oxygens (including phenoxy) is 1. The van der Waals surface area contributed by atoms with Crippen molar-refractivity contribution in [2.24, 2.45) is 0 Å². The first kappa shape index (κ1) is 15.1. The molecule has 2 heterocycles. The van der Waals surface area contributed by atoms with Crippen LogP contribution in [0.15, 0.2) is 48.7 Å². The Labute approximate surface area is 141 Å². The largest absolute Gasteiger partial charge is 0.504 e. The molecule has 1 aromatic heterocycles. The summed E-state index contributed by atoms with van der Waals surface area (Å²) in [6.45, 7) is 2.99. The van der Waals surface area contributed by atoms with Gasteiger partial charge >= 0.3 is 0 Å². The van der Waals surface area contributed by atoms with Gasteiger partial charge in [0, 0.05) is 41.7 Å². The van der Waals surface area contributed by atoms with E-state index in [1.54, 1.807) is 13.2 Å². The lowest BCUT2D eigenvalue weighted by Gasteiger charge is -2.18. The molecule has 0 saturated carbocycles. The summed E-state index contributed by atoms with van der Waals surface area (Å²) in [5.41, 5.74) is 3.64. The lowest BCUT2D eigenvalue weighted by Crippen LogP contribution is -2.19. The molecule has 2 aromatic carbocycles. The van der Waals surface area contributed by atoms with Gasteiger partial charge in [-0.1, -0.05) is 30.3 Å². The molecule has 0 aliphatic carbocycles. The summed E-state index contributed by atoms with van der Waals surface area (Å²) < 4.78 is 5.41. The van der Waals surface area contributed by atoms with Crippen LogP contribution in [-0.2, 0) is 6.54 Å². The van der Waals surface area contributed by atoms with Crippen LogP contribution in [0.25, 0.3) is 10.9 Å². The van der Waals surface area contributed by atoms with Crippen LogP contribution in [0, 0.1) is 0 Å². The van der Waals surface area contributed by atoms with Crippen LogP contribution in [0.5, 0.6) is 11.5 Å². The molecule has 0 spiro atoms. The highest BCUT2D eigenvalue weighted by Gasteiger charge is 2.27. The smallest absolute Gasteiger partial charge is 0.163 e. The summed E-state index contributed by atoms with van der Waals surface area (Å²) >= 11 is 0. The van der Waals surface area contributed by atoms with Gasteiger partial charge in [-0.05, 0) is 30.7 Å². The Hall–Kier alpha value is -2.46. The van der Waals surface area contributed by atoms with E-state index in [-0.39, 0.29) is 5.75 Å². The summed E-state index contributed by atoms with van der Waals surface area (Å²) in [5.74, 6) is 1.25. The third kappa shape index (κ3) is 2.63. The molecular formula is C20H22N2O2. The zero-order chi connectivity index (χ0) is 16.5. The summed E-state index contributed by atoms with van der Waals surface area (Å²) in [6.07, 6.45) is 3.20. The monoisotopic (exact) mass is 322 g/mol. The van der Waals surface area contributed by atoms with Gasteiger partial charge in [-0.2, -0.15) is 0 Å². The number of para-hydroxylation sites is 2. The fraction of sp³-hybridized carbons (Fsp3) is 0.300. The van der Waals surface area contributed by atoms with Crippen LogP contribution in [-0.4, -0.2) is 35.2 Å². The van der Waals surface area contributed by atoms with Gasteiger partial charge in [-0.15, -0.1) is 0 Å². The van der Waals surface area contributed by atoms with Crippen molar-refractivity contribution in [3.63, 3.8) is 0 Å². The predicted octanol–water partition coefficient (Wildman–Crippen LogP) is 3.87. The van der Waals surface area contributed by atoms with Crippen LogP contribution in [0.4, 0.5) is 0 Å². The van der Waals surface area contributed by atoms with Crippen molar-refractivity contribution in [3.05, 3.63) is 59.8 Å². The minimum absolute atomic E-state index is 0.227. The van der Waals surface area contributed by atoms with E-state index in [2.05, 4.69) is 46.4 Å². The quantitative estimate of drug-likeness (QED) is 0.766. The number of likely N-dealkylation sites (tertiary alicyclic amines) is 1. The number of H-pyrrole nitrogens is 1. The van der Waals surface area contributed by atoms with E-state index in [1.165, 1.54) is 16.5 Å². The van der Waals surface area contributed by atoms with Crippen LogP contribution >= 0.6 is 0 Å². The third-order valence-corrected chi connectivity index (χ3v) is 5.01. The van der Waals surface area contributed by atoms with Crippen LogP contribution in [0.2, 0.25) is 0 Å². The molecular weight excluding hydrogens is 300 g/mol. The zero-order valence-corrected chi connectivity index (χ0v) is 13.8. The molecule has 0 amide bonds. The first-order chi connectivity index (χ1) is 11.8. The number of hydrogen-bond donors (Lipinski definition) is 2. The van der Waals surface area contributed by atoms with Crippen molar-refractivity contribution in [2.75, 3.05) is 20.2 Å². The second kappa shape index (κ2) is 6.21. The van der Waals surface area contributed by atoms with E-state index in [0.29, 0.717) is 11.7 Å². The molecule has 0 radical (unpaired) electrons. The van der Waals surface area contributed by atoms with E-state index in [1.807, 2.05) is 6.07 Å². The fourth-order valence-electron chi connectivity index (χ4n) is 3.82. The molecule has 1 fully saturated rings. The molecule has 24 heavy (non-hydrogen) atoms. The molecule has 0 bridgehead atoms. The molecule has 4 nitrogen and oxygen atoms in total. The summed E-state index contributed by atoms with van der Waals surface area (Å²) in [5, 5.41) is 11.3. The van der Waals surface area contributed by atoms with Crippen LogP contribution in [0.3, 0.4) is 0 Å². The average Bonchev–Trinajstić information content (AvgIpc) is 3.23. The molecule has 4 rings (SSSR count). The van der Waals surface area contributed by atoms with Gasteiger partial charge in [0.2, 0.25) is 0 Å². The second-order valence-electron chi connectivity index (χ2n) is 6.48. The minimum Gasteiger partial charge on any atom is -0.504 e. The highest BCUT2D eigenvalue weighted by atomic mass is 16.5. The van der Waals surface area contributed by atoms with Gasteiger partial charge in [0.05, 0.1) is 7.11 Å². The number of benzene rings is 2. The number of aromatic hydroxyl groups is 1. The molecule has 4 heteroatoms. The number of phenolic OH excluding ortho intramolecular Hbond substituents is 1. The van der Waals surface area contributed by atoms with Crippen LogP contribution < -0.4 is 4.74 Å². The predicted molar refractivity (Wildman–Crippen MR) is 95.6 cm³/mol. The van der Waals surface area contributed by atoms with E-state index < -0.39 is 0 Å². The van der Waals surface area contributed by atoms with Crippen molar-refractivity contribution in [1.82, 2.24) is 9.88 Å². The third-order valence-electron chi connectivity index (χ3n) is 5.01. The Morgan fingerprint density at radius 2 is 2.08 bits per heavy atom. The number of phenols is 1. The Bertz CT molecular complexity index is 856. The summed E-state index contributed by atoms with van der Waals surface area (Å²) in [4.78, 5) is 5.83. The number of aromatic nitrogens is 1. The molecule has 1 atom stereocenters. The maximum absolute atomic E-state index is 10.0. The summed E-state index contributed by atoms with van der Waals surface area (Å²) in [7, 11) is 1.62. The van der Waals surface area contributed by atoms with Gasteiger partial charge in [0.15, 0.2) is 11.5 Å². The number of hydrogen-bond acceptors (Lipinski definition) is 3. The SMILES string of the molecule is COc1c(O)cccc1C1CCN(Cc2c[nH]c3ccccc23)C1. The zero-order valence-electron chi connectivity index (χ0n) is 13.8. The van der Waals surface area contributed by atoms with Crippen molar-refractivity contribution in [2.45, 2.75) is 18.9 Å². The molecule has 1 aliphatic rings. The highest BCUT2D eigenvalue weighted by molar-refractivity contribution is 5.82. The lowest BCUT2D eigenvalue weighted by atomic mass is 9.97. The number of fused-ring (bicyclic) bond motifs is 1.